The van der Waals surface area contributed by atoms with Crippen molar-refractivity contribution in [2.75, 3.05) is 19.0 Å². The molecule has 32 heavy (non-hydrogen) atoms. The molecule has 6 nitrogen and oxygen atoms in total. The summed E-state index contributed by atoms with van der Waals surface area (Å²) < 4.78 is 12.2. The van der Waals surface area contributed by atoms with Crippen LogP contribution in [0, 0.1) is 5.92 Å². The molecule has 1 aliphatic rings. The first-order chi connectivity index (χ1) is 15.4. The third-order valence-electron chi connectivity index (χ3n) is 5.53. The summed E-state index contributed by atoms with van der Waals surface area (Å²) >= 11 is 7.13. The minimum atomic E-state index is -0.437. The van der Waals surface area contributed by atoms with Crippen LogP contribution < -0.4 is 20.1 Å². The van der Waals surface area contributed by atoms with Gasteiger partial charge in [-0.2, -0.15) is 0 Å². The van der Waals surface area contributed by atoms with Gasteiger partial charge < -0.3 is 20.1 Å². The molecule has 172 valence electrons. The lowest BCUT2D eigenvalue weighted by molar-refractivity contribution is -0.131. The molecule has 0 spiro atoms. The van der Waals surface area contributed by atoms with E-state index in [9.17, 15) is 9.59 Å². The Kier molecular flexibility index (Phi) is 9.13. The molecule has 2 aromatic carbocycles. The summed E-state index contributed by atoms with van der Waals surface area (Å²) in [6.45, 7) is 2.94. The lowest BCUT2D eigenvalue weighted by atomic mass is 9.89. The molecule has 3 rings (SSSR count). The number of benzene rings is 2. The van der Waals surface area contributed by atoms with Gasteiger partial charge in [-0.05, 0) is 71.1 Å². The summed E-state index contributed by atoms with van der Waals surface area (Å²) in [5, 5.41) is 6.57. The number of carbonyl (C=O) groups excluding carboxylic acids is 2. The van der Waals surface area contributed by atoms with E-state index in [2.05, 4.69) is 42.5 Å². The zero-order chi connectivity index (χ0) is 23.1. The maximum atomic E-state index is 13.1. The molecule has 1 saturated carbocycles. The lowest BCUT2D eigenvalue weighted by Crippen LogP contribution is -2.25. The second kappa shape index (κ2) is 11.8. The molecule has 2 N–H and O–H groups in total. The first-order valence-electron chi connectivity index (χ1n) is 10.7. The van der Waals surface area contributed by atoms with Gasteiger partial charge in [-0.3, -0.25) is 9.59 Å². The van der Waals surface area contributed by atoms with Crippen molar-refractivity contribution in [3.05, 3.63) is 50.4 Å². The summed E-state index contributed by atoms with van der Waals surface area (Å²) in [5.74, 6) is 0.619. The molecule has 1 aliphatic carbocycles. The number of nitrogens with one attached hydrogen (secondary N) is 2. The fourth-order valence-electron chi connectivity index (χ4n) is 3.98. The van der Waals surface area contributed by atoms with Gasteiger partial charge in [0, 0.05) is 28.5 Å². The molecule has 0 unspecified atom stereocenters. The normalized spacial score (nSPS) is 14.1. The Morgan fingerprint density at radius 2 is 1.84 bits per heavy atom. The van der Waals surface area contributed by atoms with Crippen LogP contribution in [0.15, 0.2) is 39.3 Å². The quantitative estimate of drug-likeness (QED) is 0.299. The number of esters is 1. The van der Waals surface area contributed by atoms with Gasteiger partial charge in [0.2, 0.25) is 0 Å². The van der Waals surface area contributed by atoms with E-state index in [1.165, 1.54) is 52.2 Å². The third kappa shape index (κ3) is 6.80. The summed E-state index contributed by atoms with van der Waals surface area (Å²) in [6.07, 6.45) is 6.53. The van der Waals surface area contributed by atoms with E-state index in [1.807, 2.05) is 12.1 Å². The highest BCUT2D eigenvalue weighted by Crippen LogP contribution is 2.33. The Balaban J connectivity index is 1.75. The van der Waals surface area contributed by atoms with Gasteiger partial charge in [0.05, 0.1) is 18.4 Å². The third-order valence-corrected chi connectivity index (χ3v) is 6.61. The molecule has 0 bridgehead atoms. The second-order valence-corrected chi connectivity index (χ2v) is 9.74. The fraction of sp³-hybridized carbons (Fsp3) is 0.417. The Hall–Kier alpha value is -1.90. The highest BCUT2D eigenvalue weighted by atomic mass is 79.9. The zero-order valence-electron chi connectivity index (χ0n) is 18.3. The standard InChI is InChI=1S/C24H28Br2N2O4/c1-15(29)32-19-8-9-20(22(12-19)31-2)24(30)28-23-17(10-18(25)11-21(23)26)14-27-13-16-6-4-3-5-7-16/h8-12,16,27H,3-7,13-14H2,1-2H3,(H,28,30). The van der Waals surface area contributed by atoms with Crippen LogP contribution in [0.4, 0.5) is 5.69 Å². The number of anilines is 1. The molecule has 0 aliphatic heterocycles. The number of rotatable bonds is 8. The molecule has 8 heteroatoms. The average Bonchev–Trinajstić information content (AvgIpc) is 2.76. The van der Waals surface area contributed by atoms with E-state index in [1.54, 1.807) is 12.1 Å². The lowest BCUT2D eigenvalue weighted by Gasteiger charge is -2.22. The van der Waals surface area contributed by atoms with Crippen molar-refractivity contribution >= 4 is 49.4 Å². The Bertz CT molecular complexity index is 975. The minimum Gasteiger partial charge on any atom is -0.496 e. The van der Waals surface area contributed by atoms with E-state index in [4.69, 9.17) is 9.47 Å². The van der Waals surface area contributed by atoms with Crippen LogP contribution in [0.1, 0.15) is 54.9 Å². The summed E-state index contributed by atoms with van der Waals surface area (Å²) in [4.78, 5) is 24.3. The monoisotopic (exact) mass is 566 g/mol. The predicted molar refractivity (Wildman–Crippen MR) is 132 cm³/mol. The molecule has 0 heterocycles. The molecule has 2 aromatic rings. The maximum Gasteiger partial charge on any atom is 0.308 e. The number of carbonyl (C=O) groups is 2. The molecule has 0 aromatic heterocycles. The number of amides is 1. The minimum absolute atomic E-state index is 0.312. The van der Waals surface area contributed by atoms with Gasteiger partial charge in [-0.15, -0.1) is 0 Å². The van der Waals surface area contributed by atoms with E-state index >= 15 is 0 Å². The van der Waals surface area contributed by atoms with Crippen LogP contribution in [0.3, 0.4) is 0 Å². The first-order valence-corrected chi connectivity index (χ1v) is 12.3. The van der Waals surface area contributed by atoms with E-state index in [0.717, 1.165) is 27.0 Å². The van der Waals surface area contributed by atoms with Crippen molar-refractivity contribution in [3.63, 3.8) is 0 Å². The van der Waals surface area contributed by atoms with Crippen LogP contribution in [-0.2, 0) is 11.3 Å². The second-order valence-electron chi connectivity index (χ2n) is 7.97. The predicted octanol–water partition coefficient (Wildman–Crippen LogP) is 6.07. The molecular formula is C24H28Br2N2O4. The van der Waals surface area contributed by atoms with Crippen molar-refractivity contribution in [1.29, 1.82) is 0 Å². The zero-order valence-corrected chi connectivity index (χ0v) is 21.5. The molecular weight excluding hydrogens is 540 g/mol. The van der Waals surface area contributed by atoms with Crippen LogP contribution in [0.25, 0.3) is 0 Å². The molecule has 1 fully saturated rings. The van der Waals surface area contributed by atoms with Gasteiger partial charge in [0.25, 0.3) is 5.91 Å². The summed E-state index contributed by atoms with van der Waals surface area (Å²) in [6, 6.07) is 8.60. The summed E-state index contributed by atoms with van der Waals surface area (Å²) in [5.41, 5.74) is 2.03. The van der Waals surface area contributed by atoms with Gasteiger partial charge in [0.1, 0.15) is 11.5 Å². The van der Waals surface area contributed by atoms with E-state index in [0.29, 0.717) is 29.3 Å². The van der Waals surface area contributed by atoms with Gasteiger partial charge in [-0.25, -0.2) is 0 Å². The molecule has 0 radical (unpaired) electrons. The number of halogens is 2. The smallest absolute Gasteiger partial charge is 0.308 e. The van der Waals surface area contributed by atoms with Crippen molar-refractivity contribution in [3.8, 4) is 11.5 Å². The van der Waals surface area contributed by atoms with Gasteiger partial charge in [-0.1, -0.05) is 35.2 Å². The van der Waals surface area contributed by atoms with Crippen LogP contribution in [0.2, 0.25) is 0 Å². The number of ether oxygens (including phenoxy) is 2. The van der Waals surface area contributed by atoms with Gasteiger partial charge in [0.15, 0.2) is 0 Å². The van der Waals surface area contributed by atoms with E-state index < -0.39 is 5.97 Å². The largest absolute Gasteiger partial charge is 0.496 e. The highest BCUT2D eigenvalue weighted by Gasteiger charge is 2.18. The average molecular weight is 568 g/mol. The molecule has 0 atom stereocenters. The highest BCUT2D eigenvalue weighted by molar-refractivity contribution is 9.11. The Morgan fingerprint density at radius 3 is 2.53 bits per heavy atom. The van der Waals surface area contributed by atoms with Crippen LogP contribution in [-0.4, -0.2) is 25.5 Å². The Morgan fingerprint density at radius 1 is 1.09 bits per heavy atom. The maximum absolute atomic E-state index is 13.1. The SMILES string of the molecule is COc1cc(OC(C)=O)ccc1C(=O)Nc1c(Br)cc(Br)cc1CNCC1CCCCC1. The van der Waals surface area contributed by atoms with Crippen molar-refractivity contribution < 1.29 is 19.1 Å². The Labute approximate surface area is 205 Å². The molecule has 0 saturated heterocycles. The van der Waals surface area contributed by atoms with Crippen LogP contribution >= 0.6 is 31.9 Å². The van der Waals surface area contributed by atoms with Gasteiger partial charge >= 0.3 is 5.97 Å². The van der Waals surface area contributed by atoms with Crippen molar-refractivity contribution in [1.82, 2.24) is 5.32 Å². The van der Waals surface area contributed by atoms with E-state index in [-0.39, 0.29) is 5.91 Å². The van der Waals surface area contributed by atoms with Crippen molar-refractivity contribution in [2.24, 2.45) is 5.92 Å². The van der Waals surface area contributed by atoms with Crippen LogP contribution in [0.5, 0.6) is 11.5 Å². The number of hydrogen-bond acceptors (Lipinski definition) is 5. The topological polar surface area (TPSA) is 76.7 Å². The molecule has 1 amide bonds. The first kappa shape index (κ1) is 24.7. The fourth-order valence-corrected chi connectivity index (χ4v) is 5.39. The summed E-state index contributed by atoms with van der Waals surface area (Å²) in [7, 11) is 1.47. The van der Waals surface area contributed by atoms with Crippen molar-refractivity contribution in [2.45, 2.75) is 45.6 Å². The number of methoxy groups -OCH3 is 1. The number of hydrogen-bond donors (Lipinski definition) is 2.